The molecule has 3 heteroatoms. The summed E-state index contributed by atoms with van der Waals surface area (Å²) in [5.41, 5.74) is 8.76. The topological polar surface area (TPSA) is 50.2 Å². The third-order valence-electron chi connectivity index (χ3n) is 6.08. The third-order valence-corrected chi connectivity index (χ3v) is 6.08. The smallest absolute Gasteiger partial charge is 0.311 e. The number of aliphatic carboxylic acids is 1. The van der Waals surface area contributed by atoms with E-state index in [1.807, 2.05) is 13.0 Å². The number of carboxylic acids is 1. The van der Waals surface area contributed by atoms with Crippen molar-refractivity contribution in [1.82, 2.24) is 4.98 Å². The van der Waals surface area contributed by atoms with Crippen LogP contribution in [0.1, 0.15) is 59.9 Å². The summed E-state index contributed by atoms with van der Waals surface area (Å²) in [7, 11) is 0. The minimum atomic E-state index is -0.761. The average molecular weight is 373 g/mol. The van der Waals surface area contributed by atoms with Gasteiger partial charge < -0.3 is 5.11 Å². The second-order valence-electron chi connectivity index (χ2n) is 8.00. The molecule has 1 N–H and O–H groups in total. The van der Waals surface area contributed by atoms with E-state index in [2.05, 4.69) is 44.2 Å². The van der Waals surface area contributed by atoms with E-state index in [9.17, 15) is 9.90 Å². The van der Waals surface area contributed by atoms with Crippen LogP contribution in [0.4, 0.5) is 0 Å². The van der Waals surface area contributed by atoms with Crippen LogP contribution in [-0.4, -0.2) is 16.1 Å². The maximum absolute atomic E-state index is 12.2. The Kier molecular flexibility index (Phi) is 4.92. The molecule has 0 saturated heterocycles. The molecular weight excluding hydrogens is 346 g/mol. The number of carbonyl (C=O) groups is 1. The van der Waals surface area contributed by atoms with Gasteiger partial charge >= 0.3 is 5.97 Å². The first kappa shape index (κ1) is 18.7. The summed E-state index contributed by atoms with van der Waals surface area (Å²) in [6, 6.07) is 12.7. The number of nitrogens with zero attached hydrogens (tertiary/aromatic N) is 1. The lowest BCUT2D eigenvalue weighted by atomic mass is 9.86. The molecule has 1 heterocycles. The first-order valence-corrected chi connectivity index (χ1v) is 10.3. The summed E-state index contributed by atoms with van der Waals surface area (Å²) in [6.45, 7) is 6.20. The van der Waals surface area contributed by atoms with Gasteiger partial charge in [-0.15, -0.1) is 0 Å². The lowest BCUT2D eigenvalue weighted by molar-refractivity contribution is -0.139. The number of hydrogen-bond donors (Lipinski definition) is 1. The van der Waals surface area contributed by atoms with Crippen LogP contribution in [0.2, 0.25) is 0 Å². The van der Waals surface area contributed by atoms with Gasteiger partial charge in [0.1, 0.15) is 0 Å². The van der Waals surface area contributed by atoms with E-state index >= 15 is 0 Å². The first-order chi connectivity index (χ1) is 13.5. The molecule has 2 aromatic carbocycles. The van der Waals surface area contributed by atoms with Crippen molar-refractivity contribution in [2.75, 3.05) is 0 Å². The van der Waals surface area contributed by atoms with Crippen molar-refractivity contribution in [2.45, 2.75) is 58.8 Å². The zero-order valence-corrected chi connectivity index (χ0v) is 16.9. The molecule has 1 unspecified atom stereocenters. The predicted octanol–water partition coefficient (Wildman–Crippen LogP) is 5.98. The first-order valence-electron chi connectivity index (χ1n) is 10.3. The van der Waals surface area contributed by atoms with Crippen LogP contribution >= 0.6 is 0 Å². The highest BCUT2D eigenvalue weighted by Gasteiger charge is 2.26. The van der Waals surface area contributed by atoms with E-state index in [1.165, 1.54) is 17.5 Å². The van der Waals surface area contributed by atoms with E-state index in [0.717, 1.165) is 58.1 Å². The normalized spacial score (nSPS) is 14.2. The van der Waals surface area contributed by atoms with Gasteiger partial charge in [0.05, 0.1) is 17.1 Å². The van der Waals surface area contributed by atoms with Crippen LogP contribution in [-0.2, 0) is 17.6 Å². The van der Waals surface area contributed by atoms with Crippen molar-refractivity contribution in [3.8, 4) is 11.3 Å². The SMILES string of the molecule is CCCC(C(=O)O)c1cc2c3c(ccc2nc1-c1c(C)cccc1C)CCC3. The number of fused-ring (bicyclic) bond motifs is 3. The minimum Gasteiger partial charge on any atom is -0.481 e. The molecule has 3 aromatic rings. The summed E-state index contributed by atoms with van der Waals surface area (Å²) in [6.07, 6.45) is 4.78. The molecule has 1 aliphatic rings. The molecule has 1 atom stereocenters. The summed E-state index contributed by atoms with van der Waals surface area (Å²) in [5.74, 6) is -1.30. The van der Waals surface area contributed by atoms with Gasteiger partial charge in [0.15, 0.2) is 0 Å². The maximum atomic E-state index is 12.2. The Morgan fingerprint density at radius 2 is 1.89 bits per heavy atom. The lowest BCUT2D eigenvalue weighted by Crippen LogP contribution is -2.14. The fourth-order valence-corrected chi connectivity index (χ4v) is 4.70. The number of carboxylic acid groups (broad SMARTS) is 1. The molecule has 0 fully saturated rings. The second kappa shape index (κ2) is 7.38. The molecular formula is C25H27NO2. The fourth-order valence-electron chi connectivity index (χ4n) is 4.70. The van der Waals surface area contributed by atoms with Crippen molar-refractivity contribution in [2.24, 2.45) is 0 Å². The summed E-state index contributed by atoms with van der Waals surface area (Å²) in [5, 5.41) is 11.1. The van der Waals surface area contributed by atoms with Crippen LogP contribution in [0, 0.1) is 13.8 Å². The van der Waals surface area contributed by atoms with Gasteiger partial charge in [0.2, 0.25) is 0 Å². The third kappa shape index (κ3) is 3.09. The number of hydrogen-bond acceptors (Lipinski definition) is 2. The molecule has 1 aliphatic carbocycles. The largest absolute Gasteiger partial charge is 0.481 e. The molecule has 4 rings (SSSR count). The van der Waals surface area contributed by atoms with Crippen LogP contribution in [0.25, 0.3) is 22.2 Å². The summed E-state index contributed by atoms with van der Waals surface area (Å²) >= 11 is 0. The van der Waals surface area contributed by atoms with E-state index < -0.39 is 11.9 Å². The Bertz CT molecular complexity index is 1050. The maximum Gasteiger partial charge on any atom is 0.311 e. The molecule has 3 nitrogen and oxygen atoms in total. The predicted molar refractivity (Wildman–Crippen MR) is 114 cm³/mol. The lowest BCUT2D eigenvalue weighted by Gasteiger charge is -2.20. The Labute approximate surface area is 166 Å². The van der Waals surface area contributed by atoms with Gasteiger partial charge in [-0.3, -0.25) is 4.79 Å². The Morgan fingerprint density at radius 3 is 2.57 bits per heavy atom. The van der Waals surface area contributed by atoms with Crippen LogP contribution < -0.4 is 0 Å². The van der Waals surface area contributed by atoms with Crippen molar-refractivity contribution in [1.29, 1.82) is 0 Å². The molecule has 0 spiro atoms. The molecule has 0 radical (unpaired) electrons. The van der Waals surface area contributed by atoms with Gasteiger partial charge in [-0.2, -0.15) is 0 Å². The Morgan fingerprint density at radius 1 is 1.14 bits per heavy atom. The van der Waals surface area contributed by atoms with Crippen molar-refractivity contribution < 1.29 is 9.90 Å². The Balaban J connectivity index is 2.06. The molecule has 0 amide bonds. The van der Waals surface area contributed by atoms with E-state index in [-0.39, 0.29) is 0 Å². The van der Waals surface area contributed by atoms with E-state index in [4.69, 9.17) is 4.98 Å². The summed E-state index contributed by atoms with van der Waals surface area (Å²) in [4.78, 5) is 17.3. The van der Waals surface area contributed by atoms with Crippen molar-refractivity contribution in [3.05, 3.63) is 64.2 Å². The van der Waals surface area contributed by atoms with E-state index in [0.29, 0.717) is 6.42 Å². The molecule has 0 bridgehead atoms. The highest BCUT2D eigenvalue weighted by Crippen LogP contribution is 2.38. The van der Waals surface area contributed by atoms with Gasteiger partial charge in [-0.1, -0.05) is 37.6 Å². The van der Waals surface area contributed by atoms with Crippen LogP contribution in [0.3, 0.4) is 0 Å². The molecule has 28 heavy (non-hydrogen) atoms. The number of benzene rings is 2. The van der Waals surface area contributed by atoms with Crippen molar-refractivity contribution >= 4 is 16.9 Å². The number of aryl methyl sites for hydroxylation is 4. The van der Waals surface area contributed by atoms with Crippen LogP contribution in [0.15, 0.2) is 36.4 Å². The highest BCUT2D eigenvalue weighted by atomic mass is 16.4. The average Bonchev–Trinajstić information content (AvgIpc) is 3.14. The molecule has 144 valence electrons. The standard InChI is InChI=1S/C25H27NO2/c1-4-7-19(25(27)28)21-14-20-18-11-6-10-17(18)12-13-22(20)26-24(21)23-15(2)8-5-9-16(23)3/h5,8-9,12-14,19H,4,6-7,10-11H2,1-3H3,(H,27,28). The monoisotopic (exact) mass is 373 g/mol. The van der Waals surface area contributed by atoms with Gasteiger partial charge in [0.25, 0.3) is 0 Å². The zero-order chi connectivity index (χ0) is 19.8. The van der Waals surface area contributed by atoms with Gasteiger partial charge in [-0.25, -0.2) is 4.98 Å². The minimum absolute atomic E-state index is 0.534. The fraction of sp³-hybridized carbons (Fsp3) is 0.360. The number of aromatic nitrogens is 1. The highest BCUT2D eigenvalue weighted by molar-refractivity contribution is 5.91. The summed E-state index contributed by atoms with van der Waals surface area (Å²) < 4.78 is 0. The Hall–Kier alpha value is -2.68. The molecule has 0 aliphatic heterocycles. The van der Waals surface area contributed by atoms with Gasteiger partial charge in [-0.05, 0) is 79.5 Å². The second-order valence-corrected chi connectivity index (χ2v) is 8.00. The quantitative estimate of drug-likeness (QED) is 0.599. The number of pyridine rings is 1. The zero-order valence-electron chi connectivity index (χ0n) is 16.9. The van der Waals surface area contributed by atoms with Gasteiger partial charge in [0, 0.05) is 10.9 Å². The van der Waals surface area contributed by atoms with Crippen LogP contribution in [0.5, 0.6) is 0 Å². The molecule has 1 aromatic heterocycles. The van der Waals surface area contributed by atoms with E-state index in [1.54, 1.807) is 0 Å². The number of rotatable bonds is 5. The molecule has 0 saturated carbocycles. The van der Waals surface area contributed by atoms with Crippen molar-refractivity contribution in [3.63, 3.8) is 0 Å².